The van der Waals surface area contributed by atoms with Gasteiger partial charge in [0.15, 0.2) is 0 Å². The number of amides is 2. The fourth-order valence-corrected chi connectivity index (χ4v) is 3.47. The molecule has 5 heteroatoms. The average molecular weight is 290 g/mol. The Balaban J connectivity index is 1.70. The molecule has 1 N–H and O–H groups in total. The van der Waals surface area contributed by atoms with Crippen molar-refractivity contribution in [2.75, 3.05) is 11.9 Å². The molecular weight excluding hydrogens is 271 g/mol. The summed E-state index contributed by atoms with van der Waals surface area (Å²) in [4.78, 5) is 26.1. The molecule has 2 unspecified atom stereocenters. The number of halogens is 1. The molecular formula is C16H19FN2O2. The second kappa shape index (κ2) is 5.84. The lowest BCUT2D eigenvalue weighted by molar-refractivity contribution is -0.121. The molecule has 4 nitrogen and oxygen atoms in total. The molecule has 1 saturated carbocycles. The van der Waals surface area contributed by atoms with Crippen LogP contribution in [-0.4, -0.2) is 29.3 Å². The number of carbonyl (C=O) groups excluding carboxylic acids is 2. The summed E-state index contributed by atoms with van der Waals surface area (Å²) < 4.78 is 13.2. The number of carbonyl (C=O) groups is 2. The van der Waals surface area contributed by atoms with Crippen LogP contribution in [0.15, 0.2) is 24.3 Å². The first-order valence-electron chi connectivity index (χ1n) is 7.51. The number of rotatable bonds is 2. The third-order valence-electron chi connectivity index (χ3n) is 4.45. The smallest absolute Gasteiger partial charge is 0.321 e. The van der Waals surface area contributed by atoms with E-state index in [1.54, 1.807) is 17.0 Å². The first-order chi connectivity index (χ1) is 10.1. The Labute approximate surface area is 123 Å². The Hall–Kier alpha value is -1.91. The van der Waals surface area contributed by atoms with Crippen molar-refractivity contribution >= 4 is 17.5 Å². The molecule has 2 amide bonds. The van der Waals surface area contributed by atoms with Crippen LogP contribution in [-0.2, 0) is 4.79 Å². The van der Waals surface area contributed by atoms with Crippen LogP contribution in [0, 0.1) is 11.7 Å². The fraction of sp³-hybridized carbons (Fsp3) is 0.500. The standard InChI is InChI=1S/C16H19FN2O2/c17-11-4-1-5-12(10-11)18-16(21)19-9-3-7-14(19)13-6-2-8-15(13)20/h1,4-5,10,13-14H,2-3,6-9H2,(H,18,21). The minimum absolute atomic E-state index is 0.00793. The van der Waals surface area contributed by atoms with Gasteiger partial charge in [-0.3, -0.25) is 4.79 Å². The summed E-state index contributed by atoms with van der Waals surface area (Å²) in [6.45, 7) is 0.662. The zero-order valence-corrected chi connectivity index (χ0v) is 11.8. The van der Waals surface area contributed by atoms with Gasteiger partial charge in [0, 0.05) is 30.6 Å². The van der Waals surface area contributed by atoms with Crippen molar-refractivity contribution in [3.63, 3.8) is 0 Å². The Kier molecular flexibility index (Phi) is 3.90. The van der Waals surface area contributed by atoms with E-state index in [0.29, 0.717) is 18.7 Å². The van der Waals surface area contributed by atoms with Crippen molar-refractivity contribution in [2.45, 2.75) is 38.1 Å². The summed E-state index contributed by atoms with van der Waals surface area (Å²) >= 11 is 0. The van der Waals surface area contributed by atoms with E-state index in [2.05, 4.69) is 5.32 Å². The summed E-state index contributed by atoms with van der Waals surface area (Å²) in [6.07, 6.45) is 4.26. The van der Waals surface area contributed by atoms with Crippen LogP contribution in [0.4, 0.5) is 14.9 Å². The Morgan fingerprint density at radius 1 is 1.29 bits per heavy atom. The molecule has 0 radical (unpaired) electrons. The highest BCUT2D eigenvalue weighted by Crippen LogP contribution is 2.33. The van der Waals surface area contributed by atoms with E-state index < -0.39 is 0 Å². The number of nitrogens with one attached hydrogen (secondary N) is 1. The third-order valence-corrected chi connectivity index (χ3v) is 4.45. The Morgan fingerprint density at radius 2 is 2.14 bits per heavy atom. The van der Waals surface area contributed by atoms with E-state index in [1.807, 2.05) is 0 Å². The van der Waals surface area contributed by atoms with Crippen LogP contribution < -0.4 is 5.32 Å². The summed E-state index contributed by atoms with van der Waals surface area (Å²) in [7, 11) is 0. The largest absolute Gasteiger partial charge is 0.322 e. The van der Waals surface area contributed by atoms with Gasteiger partial charge in [-0.05, 0) is 43.9 Å². The maximum Gasteiger partial charge on any atom is 0.322 e. The number of benzene rings is 1. The molecule has 0 aromatic heterocycles. The number of hydrogen-bond acceptors (Lipinski definition) is 2. The number of nitrogens with zero attached hydrogens (tertiary/aromatic N) is 1. The van der Waals surface area contributed by atoms with Crippen LogP contribution in [0.5, 0.6) is 0 Å². The Bertz CT molecular complexity index is 561. The predicted molar refractivity (Wildman–Crippen MR) is 77.5 cm³/mol. The molecule has 2 aliphatic rings. The van der Waals surface area contributed by atoms with Crippen LogP contribution in [0.2, 0.25) is 0 Å². The molecule has 1 aromatic carbocycles. The van der Waals surface area contributed by atoms with Crippen molar-refractivity contribution in [1.29, 1.82) is 0 Å². The summed E-state index contributed by atoms with van der Waals surface area (Å²) in [6, 6.07) is 5.63. The van der Waals surface area contributed by atoms with Crippen LogP contribution in [0.25, 0.3) is 0 Å². The molecule has 1 aliphatic heterocycles. The number of Topliss-reactive ketones (excluding diaryl/α,β-unsaturated/α-hetero) is 1. The van der Waals surface area contributed by atoms with E-state index >= 15 is 0 Å². The van der Waals surface area contributed by atoms with Crippen molar-refractivity contribution in [3.8, 4) is 0 Å². The van der Waals surface area contributed by atoms with Crippen molar-refractivity contribution in [1.82, 2.24) is 4.90 Å². The predicted octanol–water partition coefficient (Wildman–Crippen LogP) is 3.19. The SMILES string of the molecule is O=C1CCCC1C1CCCN1C(=O)Nc1cccc(F)c1. The zero-order valence-electron chi connectivity index (χ0n) is 11.8. The molecule has 1 aliphatic carbocycles. The highest BCUT2D eigenvalue weighted by molar-refractivity contribution is 5.91. The lowest BCUT2D eigenvalue weighted by Crippen LogP contribution is -2.43. The van der Waals surface area contributed by atoms with Gasteiger partial charge < -0.3 is 10.2 Å². The summed E-state index contributed by atoms with van der Waals surface area (Å²) in [5.74, 6) is -0.104. The van der Waals surface area contributed by atoms with Crippen molar-refractivity contribution in [2.24, 2.45) is 5.92 Å². The maximum absolute atomic E-state index is 13.2. The molecule has 1 aromatic rings. The number of likely N-dealkylation sites (tertiary alicyclic amines) is 1. The van der Waals surface area contributed by atoms with Crippen molar-refractivity contribution in [3.05, 3.63) is 30.1 Å². The van der Waals surface area contributed by atoms with E-state index in [-0.39, 0.29) is 29.6 Å². The van der Waals surface area contributed by atoms with E-state index in [1.165, 1.54) is 12.1 Å². The van der Waals surface area contributed by atoms with Crippen LogP contribution >= 0.6 is 0 Å². The topological polar surface area (TPSA) is 49.4 Å². The Morgan fingerprint density at radius 3 is 2.86 bits per heavy atom. The van der Waals surface area contributed by atoms with E-state index in [4.69, 9.17) is 0 Å². The summed E-state index contributed by atoms with van der Waals surface area (Å²) in [5.41, 5.74) is 0.448. The fourth-order valence-electron chi connectivity index (χ4n) is 3.47. The van der Waals surface area contributed by atoms with E-state index in [0.717, 1.165) is 25.7 Å². The molecule has 1 heterocycles. The molecule has 21 heavy (non-hydrogen) atoms. The average Bonchev–Trinajstić information content (AvgIpc) is 3.06. The molecule has 2 fully saturated rings. The number of hydrogen-bond donors (Lipinski definition) is 1. The highest BCUT2D eigenvalue weighted by Gasteiger charge is 2.40. The quantitative estimate of drug-likeness (QED) is 0.909. The number of urea groups is 1. The normalized spacial score (nSPS) is 25.4. The van der Waals surface area contributed by atoms with Gasteiger partial charge in [0.05, 0.1) is 0 Å². The molecule has 3 rings (SSSR count). The molecule has 1 saturated heterocycles. The molecule has 2 atom stereocenters. The minimum Gasteiger partial charge on any atom is -0.321 e. The van der Waals surface area contributed by atoms with Gasteiger partial charge in [-0.2, -0.15) is 0 Å². The third kappa shape index (κ3) is 2.91. The molecule has 0 spiro atoms. The van der Waals surface area contributed by atoms with E-state index in [9.17, 15) is 14.0 Å². The van der Waals surface area contributed by atoms with Gasteiger partial charge in [-0.1, -0.05) is 6.07 Å². The first kappa shape index (κ1) is 14.0. The second-order valence-electron chi connectivity index (χ2n) is 5.81. The van der Waals surface area contributed by atoms with Gasteiger partial charge in [0.2, 0.25) is 0 Å². The number of ketones is 1. The van der Waals surface area contributed by atoms with Gasteiger partial charge in [0.1, 0.15) is 11.6 Å². The van der Waals surface area contributed by atoms with Crippen LogP contribution in [0.1, 0.15) is 32.1 Å². The minimum atomic E-state index is -0.378. The zero-order chi connectivity index (χ0) is 14.8. The molecule has 112 valence electrons. The van der Waals surface area contributed by atoms with Gasteiger partial charge in [-0.25, -0.2) is 9.18 Å². The van der Waals surface area contributed by atoms with Gasteiger partial charge >= 0.3 is 6.03 Å². The monoisotopic (exact) mass is 290 g/mol. The maximum atomic E-state index is 13.2. The molecule has 0 bridgehead atoms. The second-order valence-corrected chi connectivity index (χ2v) is 5.81. The van der Waals surface area contributed by atoms with Crippen molar-refractivity contribution < 1.29 is 14.0 Å². The van der Waals surface area contributed by atoms with Gasteiger partial charge in [0.25, 0.3) is 0 Å². The summed E-state index contributed by atoms with van der Waals surface area (Å²) in [5, 5.41) is 2.73. The van der Waals surface area contributed by atoms with Gasteiger partial charge in [-0.15, -0.1) is 0 Å². The highest BCUT2D eigenvalue weighted by atomic mass is 19.1. The lowest BCUT2D eigenvalue weighted by atomic mass is 9.95. The van der Waals surface area contributed by atoms with Crippen LogP contribution in [0.3, 0.4) is 0 Å². The lowest BCUT2D eigenvalue weighted by Gasteiger charge is -2.28. The first-order valence-corrected chi connectivity index (χ1v) is 7.51. The number of anilines is 1.